The van der Waals surface area contributed by atoms with Gasteiger partial charge in [-0.15, -0.1) is 0 Å². The molecule has 3 heteroatoms. The normalized spacial score (nSPS) is 13.4. The highest BCUT2D eigenvalue weighted by Gasteiger charge is 2.25. The summed E-state index contributed by atoms with van der Waals surface area (Å²) < 4.78 is 6.12. The van der Waals surface area contributed by atoms with Crippen LogP contribution in [0.15, 0.2) is 30.3 Å². The molecule has 1 unspecified atom stereocenters. The summed E-state index contributed by atoms with van der Waals surface area (Å²) in [7, 11) is -1.62. The number of aldehydes is 1. The van der Waals surface area contributed by atoms with Gasteiger partial charge in [-0.3, -0.25) is 0 Å². The summed E-state index contributed by atoms with van der Waals surface area (Å²) in [6.07, 6.45) is 1.32. The Bertz CT molecular complexity index is 322. The highest BCUT2D eigenvalue weighted by molar-refractivity contribution is 6.71. The van der Waals surface area contributed by atoms with Gasteiger partial charge in [0.15, 0.2) is 8.32 Å². The molecule has 0 amide bonds. The lowest BCUT2D eigenvalue weighted by atomic mass is 10.1. The smallest absolute Gasteiger partial charge is 0.187 e. The average molecular weight is 236 g/mol. The predicted molar refractivity (Wildman–Crippen MR) is 68.9 cm³/mol. The van der Waals surface area contributed by atoms with E-state index in [0.29, 0.717) is 6.42 Å². The van der Waals surface area contributed by atoms with Crippen molar-refractivity contribution in [3.05, 3.63) is 35.9 Å². The van der Waals surface area contributed by atoms with Gasteiger partial charge in [-0.05, 0) is 24.7 Å². The zero-order valence-electron chi connectivity index (χ0n) is 10.3. The number of hydrogen-bond donors (Lipinski definition) is 0. The van der Waals surface area contributed by atoms with E-state index in [0.717, 1.165) is 17.9 Å². The van der Waals surface area contributed by atoms with Crippen molar-refractivity contribution in [2.75, 3.05) is 0 Å². The molecular weight excluding hydrogens is 216 g/mol. The fraction of sp³-hybridized carbons (Fsp3) is 0.462. The minimum atomic E-state index is -1.62. The van der Waals surface area contributed by atoms with Crippen LogP contribution < -0.4 is 0 Å². The predicted octanol–water partition coefficient (Wildman–Crippen LogP) is 3.56. The fourth-order valence-electron chi connectivity index (χ4n) is 1.48. The molecule has 0 aliphatic rings. The molecule has 0 aliphatic heterocycles. The standard InChI is InChI=1S/C13H20O2Si/c1-4-16(2,3)15-13(10-11-14)12-8-6-5-7-9-12/h5-9,11,13H,4,10H2,1-3H3. The van der Waals surface area contributed by atoms with Crippen LogP contribution in [0, 0.1) is 0 Å². The van der Waals surface area contributed by atoms with E-state index < -0.39 is 8.32 Å². The molecule has 88 valence electrons. The van der Waals surface area contributed by atoms with Crippen molar-refractivity contribution in [3.8, 4) is 0 Å². The molecule has 0 aliphatic carbocycles. The minimum absolute atomic E-state index is 0.0692. The second-order valence-electron chi connectivity index (χ2n) is 4.53. The van der Waals surface area contributed by atoms with Gasteiger partial charge >= 0.3 is 0 Å². The van der Waals surface area contributed by atoms with Crippen molar-refractivity contribution in [3.63, 3.8) is 0 Å². The van der Waals surface area contributed by atoms with E-state index in [2.05, 4.69) is 20.0 Å². The molecule has 1 aromatic rings. The maximum Gasteiger partial charge on any atom is 0.187 e. The Labute approximate surface area is 98.8 Å². The molecule has 0 radical (unpaired) electrons. The van der Waals surface area contributed by atoms with Crippen LogP contribution in [-0.4, -0.2) is 14.6 Å². The summed E-state index contributed by atoms with van der Waals surface area (Å²) in [5, 5.41) is 0. The Morgan fingerprint density at radius 3 is 2.44 bits per heavy atom. The number of hydrogen-bond acceptors (Lipinski definition) is 2. The molecule has 1 aromatic carbocycles. The number of benzene rings is 1. The van der Waals surface area contributed by atoms with Gasteiger partial charge < -0.3 is 9.22 Å². The van der Waals surface area contributed by atoms with Crippen molar-refractivity contribution in [2.24, 2.45) is 0 Å². The maximum absolute atomic E-state index is 10.7. The van der Waals surface area contributed by atoms with E-state index in [4.69, 9.17) is 4.43 Å². The topological polar surface area (TPSA) is 26.3 Å². The zero-order chi connectivity index (χ0) is 12.0. The SMILES string of the molecule is CC[Si](C)(C)OC(CC=O)c1ccccc1. The summed E-state index contributed by atoms with van der Waals surface area (Å²) >= 11 is 0. The van der Waals surface area contributed by atoms with Crippen LogP contribution in [0.5, 0.6) is 0 Å². The van der Waals surface area contributed by atoms with E-state index >= 15 is 0 Å². The van der Waals surface area contributed by atoms with Gasteiger partial charge in [0.05, 0.1) is 6.10 Å². The fourth-order valence-corrected chi connectivity index (χ4v) is 2.64. The second kappa shape index (κ2) is 5.96. The molecule has 0 heterocycles. The van der Waals surface area contributed by atoms with Crippen molar-refractivity contribution in [2.45, 2.75) is 38.6 Å². The summed E-state index contributed by atoms with van der Waals surface area (Å²) in [5.41, 5.74) is 1.10. The number of carbonyl (C=O) groups excluding carboxylic acids is 1. The molecule has 0 aromatic heterocycles. The first-order valence-corrected chi connectivity index (χ1v) is 8.87. The third kappa shape index (κ3) is 3.91. The largest absolute Gasteiger partial charge is 0.410 e. The zero-order valence-corrected chi connectivity index (χ0v) is 11.3. The van der Waals surface area contributed by atoms with Crippen molar-refractivity contribution < 1.29 is 9.22 Å². The summed E-state index contributed by atoms with van der Waals surface area (Å²) in [4.78, 5) is 10.7. The van der Waals surface area contributed by atoms with Gasteiger partial charge in [0.25, 0.3) is 0 Å². The Kier molecular flexibility index (Phi) is 4.90. The van der Waals surface area contributed by atoms with Crippen molar-refractivity contribution in [1.29, 1.82) is 0 Å². The van der Waals surface area contributed by atoms with Gasteiger partial charge in [0.1, 0.15) is 6.29 Å². The molecule has 1 atom stereocenters. The van der Waals surface area contributed by atoms with Crippen LogP contribution in [0.25, 0.3) is 0 Å². The quantitative estimate of drug-likeness (QED) is 0.557. The summed E-state index contributed by atoms with van der Waals surface area (Å²) in [6.45, 7) is 6.52. The van der Waals surface area contributed by atoms with E-state index in [1.165, 1.54) is 0 Å². The molecule has 1 rings (SSSR count). The van der Waals surface area contributed by atoms with Gasteiger partial charge in [0, 0.05) is 6.42 Å². The number of carbonyl (C=O) groups is 1. The molecule has 2 nitrogen and oxygen atoms in total. The van der Waals surface area contributed by atoms with E-state index in [1.807, 2.05) is 30.3 Å². The molecule has 0 saturated carbocycles. The van der Waals surface area contributed by atoms with E-state index in [9.17, 15) is 4.79 Å². The minimum Gasteiger partial charge on any atom is -0.410 e. The first-order valence-electron chi connectivity index (χ1n) is 5.75. The molecule has 0 fully saturated rings. The highest BCUT2D eigenvalue weighted by Crippen LogP contribution is 2.26. The third-order valence-electron chi connectivity index (χ3n) is 2.79. The monoisotopic (exact) mass is 236 g/mol. The Hall–Kier alpha value is -0.933. The first kappa shape index (κ1) is 13.1. The molecule has 0 saturated heterocycles. The van der Waals surface area contributed by atoms with Crippen LogP contribution in [0.4, 0.5) is 0 Å². The second-order valence-corrected chi connectivity index (χ2v) is 8.99. The lowest BCUT2D eigenvalue weighted by Gasteiger charge is -2.27. The van der Waals surface area contributed by atoms with Crippen LogP contribution in [0.3, 0.4) is 0 Å². The third-order valence-corrected chi connectivity index (χ3v) is 5.42. The van der Waals surface area contributed by atoms with E-state index in [1.54, 1.807) is 0 Å². The van der Waals surface area contributed by atoms with Crippen LogP contribution >= 0.6 is 0 Å². The Morgan fingerprint density at radius 2 is 1.94 bits per heavy atom. The van der Waals surface area contributed by atoms with Crippen molar-refractivity contribution in [1.82, 2.24) is 0 Å². The Morgan fingerprint density at radius 1 is 1.31 bits per heavy atom. The van der Waals surface area contributed by atoms with Crippen LogP contribution in [0.1, 0.15) is 25.0 Å². The Balaban J connectivity index is 2.80. The molecule has 0 N–H and O–H groups in total. The van der Waals surface area contributed by atoms with Gasteiger partial charge in [-0.2, -0.15) is 0 Å². The average Bonchev–Trinajstić information content (AvgIpc) is 2.29. The van der Waals surface area contributed by atoms with Gasteiger partial charge in [-0.25, -0.2) is 0 Å². The number of rotatable bonds is 6. The van der Waals surface area contributed by atoms with Crippen molar-refractivity contribution >= 4 is 14.6 Å². The van der Waals surface area contributed by atoms with E-state index in [-0.39, 0.29) is 6.10 Å². The summed E-state index contributed by atoms with van der Waals surface area (Å²) in [5.74, 6) is 0. The summed E-state index contributed by atoms with van der Waals surface area (Å²) in [6, 6.07) is 11.1. The maximum atomic E-state index is 10.7. The lowest BCUT2D eigenvalue weighted by Crippen LogP contribution is -2.31. The molecule has 0 bridgehead atoms. The molecular formula is C13H20O2Si. The van der Waals surface area contributed by atoms with Crippen LogP contribution in [0.2, 0.25) is 19.1 Å². The molecule has 0 spiro atoms. The van der Waals surface area contributed by atoms with Crippen LogP contribution in [-0.2, 0) is 9.22 Å². The highest BCUT2D eigenvalue weighted by atomic mass is 28.4. The first-order chi connectivity index (χ1) is 7.59. The lowest BCUT2D eigenvalue weighted by molar-refractivity contribution is -0.109. The van der Waals surface area contributed by atoms with Gasteiger partial charge in [-0.1, -0.05) is 37.3 Å². The van der Waals surface area contributed by atoms with Gasteiger partial charge in [0.2, 0.25) is 0 Å². The molecule has 16 heavy (non-hydrogen) atoms.